The molecule has 0 aliphatic carbocycles. The van der Waals surface area contributed by atoms with Gasteiger partial charge in [0.1, 0.15) is 0 Å². The van der Waals surface area contributed by atoms with Crippen LogP contribution >= 0.6 is 0 Å². The van der Waals surface area contributed by atoms with Crippen LogP contribution in [0.3, 0.4) is 0 Å². The molecule has 4 rings (SSSR count). The first kappa shape index (κ1) is 14.7. The van der Waals surface area contributed by atoms with Crippen molar-refractivity contribution in [2.24, 2.45) is 0 Å². The van der Waals surface area contributed by atoms with Crippen LogP contribution in [0.4, 0.5) is 5.69 Å². The second-order valence-corrected chi connectivity index (χ2v) is 6.18. The van der Waals surface area contributed by atoms with Crippen molar-refractivity contribution < 1.29 is 4.79 Å². The van der Waals surface area contributed by atoms with Crippen molar-refractivity contribution >= 4 is 11.5 Å². The average molecular weight is 313 g/mol. The Hall–Kier alpha value is -2.87. The van der Waals surface area contributed by atoms with Crippen LogP contribution < -0.4 is 4.90 Å². The van der Waals surface area contributed by atoms with Crippen LogP contribution in [-0.4, -0.2) is 5.78 Å². The maximum absolute atomic E-state index is 12.6. The summed E-state index contributed by atoms with van der Waals surface area (Å²) in [6, 6.07) is 28.8. The van der Waals surface area contributed by atoms with Crippen molar-refractivity contribution in [1.29, 1.82) is 0 Å². The van der Waals surface area contributed by atoms with Gasteiger partial charge in [-0.25, -0.2) is 0 Å². The fourth-order valence-corrected chi connectivity index (χ4v) is 3.47. The Labute approximate surface area is 142 Å². The number of rotatable bonds is 3. The molecule has 0 spiro atoms. The summed E-state index contributed by atoms with van der Waals surface area (Å²) in [6.07, 6.45) is 0.522. The summed E-state index contributed by atoms with van der Waals surface area (Å²) >= 11 is 0. The van der Waals surface area contributed by atoms with Gasteiger partial charge in [-0.15, -0.1) is 0 Å². The maximum Gasteiger partial charge on any atom is 0.167 e. The van der Waals surface area contributed by atoms with Gasteiger partial charge in [-0.1, -0.05) is 72.8 Å². The van der Waals surface area contributed by atoms with E-state index in [4.69, 9.17) is 0 Å². The van der Waals surface area contributed by atoms with Gasteiger partial charge in [0, 0.05) is 24.2 Å². The molecule has 0 N–H and O–H groups in total. The molecular weight excluding hydrogens is 294 g/mol. The van der Waals surface area contributed by atoms with Gasteiger partial charge in [-0.2, -0.15) is 0 Å². The zero-order valence-electron chi connectivity index (χ0n) is 13.4. The Bertz CT molecular complexity index is 842. The van der Waals surface area contributed by atoms with Crippen LogP contribution in [0.5, 0.6) is 0 Å². The van der Waals surface area contributed by atoms with E-state index in [-0.39, 0.29) is 11.8 Å². The van der Waals surface area contributed by atoms with Crippen LogP contribution in [0.25, 0.3) is 0 Å². The van der Waals surface area contributed by atoms with Crippen molar-refractivity contribution in [3.05, 3.63) is 102 Å². The van der Waals surface area contributed by atoms with E-state index in [1.54, 1.807) is 0 Å². The zero-order valence-corrected chi connectivity index (χ0v) is 13.4. The molecule has 0 saturated heterocycles. The second kappa shape index (κ2) is 6.32. The average Bonchev–Trinajstić information content (AvgIpc) is 2.65. The summed E-state index contributed by atoms with van der Waals surface area (Å²) in [5, 5.41) is 0. The number of carbonyl (C=O) groups is 1. The Morgan fingerprint density at radius 2 is 1.42 bits per heavy atom. The largest absolute Gasteiger partial charge is 0.359 e. The number of fused-ring (bicyclic) bond motifs is 1. The Morgan fingerprint density at radius 1 is 0.792 bits per heavy atom. The molecule has 3 aromatic carbocycles. The van der Waals surface area contributed by atoms with Crippen LogP contribution in [0, 0.1) is 0 Å². The number of anilines is 1. The number of benzene rings is 3. The molecule has 2 nitrogen and oxygen atoms in total. The Balaban J connectivity index is 1.79. The lowest BCUT2D eigenvalue weighted by Crippen LogP contribution is -2.35. The molecule has 0 saturated carbocycles. The van der Waals surface area contributed by atoms with E-state index in [9.17, 15) is 4.79 Å². The van der Waals surface area contributed by atoms with Gasteiger partial charge < -0.3 is 4.90 Å². The first-order chi connectivity index (χ1) is 11.8. The number of hydrogen-bond donors (Lipinski definition) is 0. The number of ketones is 1. The minimum absolute atomic E-state index is 0.0776. The summed E-state index contributed by atoms with van der Waals surface area (Å²) in [5.41, 5.74) is 4.31. The first-order valence-electron chi connectivity index (χ1n) is 8.30. The van der Waals surface area contributed by atoms with Crippen molar-refractivity contribution in [2.45, 2.75) is 19.0 Å². The van der Waals surface area contributed by atoms with E-state index in [1.807, 2.05) is 42.5 Å². The topological polar surface area (TPSA) is 20.3 Å². The molecule has 0 aromatic heterocycles. The van der Waals surface area contributed by atoms with Crippen molar-refractivity contribution in [3.63, 3.8) is 0 Å². The summed E-state index contributed by atoms with van der Waals surface area (Å²) in [6.45, 7) is 0.796. The van der Waals surface area contributed by atoms with Crippen LogP contribution in [0.2, 0.25) is 0 Å². The molecule has 0 fully saturated rings. The normalized spacial score (nSPS) is 16.8. The van der Waals surface area contributed by atoms with E-state index in [0.29, 0.717) is 6.42 Å². The van der Waals surface area contributed by atoms with Crippen LogP contribution in [-0.2, 0) is 6.54 Å². The number of nitrogens with zero attached hydrogens (tertiary/aromatic N) is 1. The molecule has 1 aliphatic rings. The number of hydrogen-bond acceptors (Lipinski definition) is 2. The lowest BCUT2D eigenvalue weighted by molar-refractivity contribution is 0.0965. The summed E-state index contributed by atoms with van der Waals surface area (Å²) in [4.78, 5) is 15.0. The molecule has 118 valence electrons. The standard InChI is InChI=1S/C22H19NO/c24-22-15-21(18-11-5-2-6-12-18)23(16-17-9-3-1-4-10-17)20-14-8-7-13-19(20)22/h1-14,21H,15-16H2. The highest BCUT2D eigenvalue weighted by atomic mass is 16.1. The molecule has 0 bridgehead atoms. The Morgan fingerprint density at radius 3 is 2.17 bits per heavy atom. The molecule has 1 heterocycles. The highest BCUT2D eigenvalue weighted by molar-refractivity contribution is 6.03. The van der Waals surface area contributed by atoms with E-state index in [1.165, 1.54) is 11.1 Å². The number of Topliss-reactive ketones (excluding diaryl/α,β-unsaturated/α-hetero) is 1. The molecule has 24 heavy (non-hydrogen) atoms. The third kappa shape index (κ3) is 2.71. The van der Waals surface area contributed by atoms with E-state index >= 15 is 0 Å². The molecule has 1 aliphatic heterocycles. The second-order valence-electron chi connectivity index (χ2n) is 6.18. The monoisotopic (exact) mass is 313 g/mol. The predicted octanol–water partition coefficient (Wildman–Crippen LogP) is 5.02. The molecule has 1 unspecified atom stereocenters. The molecule has 0 radical (unpaired) electrons. The van der Waals surface area contributed by atoms with Crippen molar-refractivity contribution in [2.75, 3.05) is 4.90 Å². The first-order valence-corrected chi connectivity index (χ1v) is 8.30. The maximum atomic E-state index is 12.6. The van der Waals surface area contributed by atoms with Gasteiger partial charge in [0.2, 0.25) is 0 Å². The van der Waals surface area contributed by atoms with Crippen molar-refractivity contribution in [3.8, 4) is 0 Å². The number of para-hydroxylation sites is 1. The highest BCUT2D eigenvalue weighted by Gasteiger charge is 2.32. The van der Waals surface area contributed by atoms with Gasteiger partial charge in [-0.3, -0.25) is 4.79 Å². The molecule has 2 heteroatoms. The van der Waals surface area contributed by atoms with E-state index in [2.05, 4.69) is 47.4 Å². The summed E-state index contributed by atoms with van der Waals surface area (Å²) in [7, 11) is 0. The van der Waals surface area contributed by atoms with E-state index in [0.717, 1.165) is 17.8 Å². The predicted molar refractivity (Wildman–Crippen MR) is 97.2 cm³/mol. The third-order valence-corrected chi connectivity index (χ3v) is 4.65. The summed E-state index contributed by atoms with van der Waals surface area (Å²) in [5.74, 6) is 0.226. The minimum atomic E-state index is 0.0776. The van der Waals surface area contributed by atoms with Crippen LogP contribution in [0.1, 0.15) is 33.9 Å². The molecular formula is C22H19NO. The fraction of sp³-hybridized carbons (Fsp3) is 0.136. The molecule has 1 atom stereocenters. The van der Waals surface area contributed by atoms with Crippen molar-refractivity contribution in [1.82, 2.24) is 0 Å². The van der Waals surface area contributed by atoms with Crippen LogP contribution in [0.15, 0.2) is 84.9 Å². The fourth-order valence-electron chi connectivity index (χ4n) is 3.47. The summed E-state index contributed by atoms with van der Waals surface area (Å²) < 4.78 is 0. The van der Waals surface area contributed by atoms with Gasteiger partial charge >= 0.3 is 0 Å². The molecule has 3 aromatic rings. The zero-order chi connectivity index (χ0) is 16.4. The molecule has 0 amide bonds. The quantitative estimate of drug-likeness (QED) is 0.676. The minimum Gasteiger partial charge on any atom is -0.359 e. The SMILES string of the molecule is O=C1CC(c2ccccc2)N(Cc2ccccc2)c2ccccc21. The Kier molecular flexibility index (Phi) is 3.87. The smallest absolute Gasteiger partial charge is 0.167 e. The van der Waals surface area contributed by atoms with Gasteiger partial charge in [-0.05, 0) is 23.3 Å². The highest BCUT2D eigenvalue weighted by Crippen LogP contribution is 2.39. The third-order valence-electron chi connectivity index (χ3n) is 4.65. The number of carbonyl (C=O) groups excluding carboxylic acids is 1. The van der Waals surface area contributed by atoms with Gasteiger partial charge in [0.05, 0.1) is 6.04 Å². The van der Waals surface area contributed by atoms with E-state index < -0.39 is 0 Å². The van der Waals surface area contributed by atoms with Gasteiger partial charge in [0.15, 0.2) is 5.78 Å². The lowest BCUT2D eigenvalue weighted by Gasteiger charge is -2.38. The lowest BCUT2D eigenvalue weighted by atomic mass is 9.90. The van der Waals surface area contributed by atoms with Gasteiger partial charge in [0.25, 0.3) is 0 Å².